The lowest BCUT2D eigenvalue weighted by Crippen LogP contribution is -2.42. The molecule has 1 aliphatic heterocycles. The summed E-state index contributed by atoms with van der Waals surface area (Å²) < 4.78 is 13.2. The van der Waals surface area contributed by atoms with Crippen molar-refractivity contribution in [2.45, 2.75) is 51.7 Å². The molecule has 0 amide bonds. The van der Waals surface area contributed by atoms with Crippen LogP contribution < -0.4 is 0 Å². The van der Waals surface area contributed by atoms with Gasteiger partial charge in [0.2, 0.25) is 0 Å². The molecule has 0 radical (unpaired) electrons. The molecule has 12 heavy (non-hydrogen) atoms. The van der Waals surface area contributed by atoms with E-state index in [2.05, 4.69) is 25.7 Å². The van der Waals surface area contributed by atoms with Crippen molar-refractivity contribution < 1.29 is 4.39 Å². The third-order valence-corrected chi connectivity index (χ3v) is 3.39. The van der Waals surface area contributed by atoms with Crippen molar-refractivity contribution in [3.63, 3.8) is 0 Å². The third kappa shape index (κ3) is 1.49. The fraction of sp³-hybridized carbons (Fsp3) is 1.00. The molecule has 0 N–H and O–H groups in total. The maximum atomic E-state index is 13.2. The summed E-state index contributed by atoms with van der Waals surface area (Å²) in [4.78, 5) is 2.30. The summed E-state index contributed by atoms with van der Waals surface area (Å²) in [5.41, 5.74) is 0.175. The van der Waals surface area contributed by atoms with Gasteiger partial charge in [-0.3, -0.25) is 4.90 Å². The fourth-order valence-corrected chi connectivity index (χ4v) is 2.49. The van der Waals surface area contributed by atoms with Crippen molar-refractivity contribution in [2.24, 2.45) is 0 Å². The van der Waals surface area contributed by atoms with Crippen LogP contribution in [0.1, 0.15) is 40.0 Å². The van der Waals surface area contributed by atoms with Crippen LogP contribution in [0.3, 0.4) is 0 Å². The van der Waals surface area contributed by atoms with Crippen LogP contribution in [0, 0.1) is 0 Å². The molecule has 0 aromatic heterocycles. The minimum absolute atomic E-state index is 0.175. The van der Waals surface area contributed by atoms with Crippen molar-refractivity contribution in [2.75, 3.05) is 13.1 Å². The van der Waals surface area contributed by atoms with Crippen molar-refractivity contribution in [1.29, 1.82) is 0 Å². The van der Waals surface area contributed by atoms with E-state index in [0.29, 0.717) is 6.54 Å². The van der Waals surface area contributed by atoms with Crippen molar-refractivity contribution >= 4 is 0 Å². The van der Waals surface area contributed by atoms with Crippen molar-refractivity contribution in [1.82, 2.24) is 4.90 Å². The highest BCUT2D eigenvalue weighted by Gasteiger charge is 2.41. The Hall–Kier alpha value is -0.110. The maximum absolute atomic E-state index is 13.2. The Morgan fingerprint density at radius 1 is 1.33 bits per heavy atom. The standard InChI is InChI=1S/C10H20FN/c1-4-10(5-2)7-9(11)8-12(10)6-3/h9H,4-8H2,1-3H3. The number of nitrogens with zero attached hydrogens (tertiary/aromatic N) is 1. The number of hydrogen-bond acceptors (Lipinski definition) is 1. The third-order valence-electron chi connectivity index (χ3n) is 3.39. The van der Waals surface area contributed by atoms with Crippen LogP contribution in [0.4, 0.5) is 4.39 Å². The van der Waals surface area contributed by atoms with Gasteiger partial charge < -0.3 is 0 Å². The number of hydrogen-bond donors (Lipinski definition) is 0. The highest BCUT2D eigenvalue weighted by Crippen LogP contribution is 2.36. The molecule has 1 aliphatic rings. The first-order valence-electron chi connectivity index (χ1n) is 5.07. The summed E-state index contributed by atoms with van der Waals surface area (Å²) in [6.07, 6.45) is 2.31. The molecule has 1 rings (SSSR count). The zero-order chi connectivity index (χ0) is 9.19. The number of likely N-dealkylation sites (tertiary alicyclic amines) is 1. The lowest BCUT2D eigenvalue weighted by molar-refractivity contribution is 0.134. The van der Waals surface area contributed by atoms with Crippen LogP contribution in [0.5, 0.6) is 0 Å². The van der Waals surface area contributed by atoms with Crippen LogP contribution in [0.2, 0.25) is 0 Å². The molecule has 0 aliphatic carbocycles. The molecule has 0 spiro atoms. The lowest BCUT2D eigenvalue weighted by Gasteiger charge is -2.36. The Morgan fingerprint density at radius 2 is 1.92 bits per heavy atom. The van der Waals surface area contributed by atoms with E-state index in [4.69, 9.17) is 0 Å². The summed E-state index contributed by atoms with van der Waals surface area (Å²) in [7, 11) is 0. The molecule has 0 aromatic carbocycles. The smallest absolute Gasteiger partial charge is 0.115 e. The van der Waals surface area contributed by atoms with Gasteiger partial charge in [0.15, 0.2) is 0 Å². The van der Waals surface area contributed by atoms with Gasteiger partial charge in [-0.1, -0.05) is 20.8 Å². The van der Waals surface area contributed by atoms with Gasteiger partial charge in [0.25, 0.3) is 0 Å². The molecule has 1 heterocycles. The second-order valence-electron chi connectivity index (χ2n) is 3.77. The van der Waals surface area contributed by atoms with Gasteiger partial charge in [0, 0.05) is 12.1 Å². The Kier molecular flexibility index (Phi) is 3.10. The minimum atomic E-state index is -0.593. The normalized spacial score (nSPS) is 29.5. The first-order chi connectivity index (χ1) is 5.68. The topological polar surface area (TPSA) is 3.24 Å². The summed E-state index contributed by atoms with van der Waals surface area (Å²) in [6.45, 7) is 8.10. The monoisotopic (exact) mass is 173 g/mol. The molecule has 1 fully saturated rings. The minimum Gasteiger partial charge on any atom is -0.295 e. The molecule has 1 nitrogen and oxygen atoms in total. The fourth-order valence-electron chi connectivity index (χ4n) is 2.49. The second kappa shape index (κ2) is 3.73. The van der Waals surface area contributed by atoms with Gasteiger partial charge in [-0.2, -0.15) is 0 Å². The van der Waals surface area contributed by atoms with Crippen LogP contribution in [0.25, 0.3) is 0 Å². The van der Waals surface area contributed by atoms with Crippen LogP contribution >= 0.6 is 0 Å². The zero-order valence-electron chi connectivity index (χ0n) is 8.44. The van der Waals surface area contributed by atoms with E-state index in [1.54, 1.807) is 0 Å². The van der Waals surface area contributed by atoms with E-state index in [-0.39, 0.29) is 5.54 Å². The van der Waals surface area contributed by atoms with Gasteiger partial charge in [-0.25, -0.2) is 4.39 Å². The predicted molar refractivity (Wildman–Crippen MR) is 50.1 cm³/mol. The lowest BCUT2D eigenvalue weighted by atomic mass is 9.89. The largest absolute Gasteiger partial charge is 0.295 e. The first-order valence-corrected chi connectivity index (χ1v) is 5.07. The summed E-state index contributed by atoms with van der Waals surface area (Å²) in [5, 5.41) is 0. The van der Waals surface area contributed by atoms with E-state index in [9.17, 15) is 4.39 Å². The first kappa shape index (κ1) is 9.97. The van der Waals surface area contributed by atoms with Gasteiger partial charge in [0.05, 0.1) is 0 Å². The van der Waals surface area contributed by atoms with Crippen LogP contribution in [-0.4, -0.2) is 29.7 Å². The van der Waals surface area contributed by atoms with Crippen LogP contribution in [-0.2, 0) is 0 Å². The van der Waals surface area contributed by atoms with E-state index < -0.39 is 6.17 Å². The number of rotatable bonds is 3. The molecular formula is C10H20FN. The Bertz CT molecular complexity index is 143. The molecule has 0 saturated carbocycles. The molecular weight excluding hydrogens is 153 g/mol. The van der Waals surface area contributed by atoms with Gasteiger partial charge >= 0.3 is 0 Å². The van der Waals surface area contributed by atoms with E-state index in [0.717, 1.165) is 25.8 Å². The van der Waals surface area contributed by atoms with E-state index >= 15 is 0 Å². The quantitative estimate of drug-likeness (QED) is 0.634. The summed E-state index contributed by atoms with van der Waals surface area (Å²) in [6, 6.07) is 0. The average molecular weight is 173 g/mol. The zero-order valence-corrected chi connectivity index (χ0v) is 8.44. The molecule has 1 saturated heterocycles. The van der Waals surface area contributed by atoms with Crippen molar-refractivity contribution in [3.8, 4) is 0 Å². The predicted octanol–water partition coefficient (Wildman–Crippen LogP) is 2.61. The second-order valence-corrected chi connectivity index (χ2v) is 3.77. The summed E-state index contributed by atoms with van der Waals surface area (Å²) >= 11 is 0. The van der Waals surface area contributed by atoms with Gasteiger partial charge in [0.1, 0.15) is 6.17 Å². The maximum Gasteiger partial charge on any atom is 0.115 e. The van der Waals surface area contributed by atoms with E-state index in [1.807, 2.05) is 0 Å². The molecule has 1 unspecified atom stereocenters. The van der Waals surface area contributed by atoms with Crippen molar-refractivity contribution in [3.05, 3.63) is 0 Å². The SMILES string of the molecule is CCN1CC(F)CC1(CC)CC. The summed E-state index contributed by atoms with van der Waals surface area (Å²) in [5.74, 6) is 0. The molecule has 1 atom stereocenters. The highest BCUT2D eigenvalue weighted by atomic mass is 19.1. The highest BCUT2D eigenvalue weighted by molar-refractivity contribution is 4.97. The van der Waals surface area contributed by atoms with Crippen LogP contribution in [0.15, 0.2) is 0 Å². The Morgan fingerprint density at radius 3 is 2.25 bits per heavy atom. The Labute approximate surface area is 74.9 Å². The van der Waals surface area contributed by atoms with Gasteiger partial charge in [-0.05, 0) is 25.8 Å². The number of halogens is 1. The molecule has 2 heteroatoms. The Balaban J connectivity index is 2.71. The van der Waals surface area contributed by atoms with E-state index in [1.165, 1.54) is 0 Å². The average Bonchev–Trinajstić information content (AvgIpc) is 2.42. The molecule has 0 bridgehead atoms. The molecule has 0 aromatic rings. The molecule has 72 valence electrons. The number of alkyl halides is 1. The van der Waals surface area contributed by atoms with Gasteiger partial charge in [-0.15, -0.1) is 0 Å².